The number of aryl methyl sites for hydroxylation is 1. The minimum absolute atomic E-state index is 0.0652. The molecule has 4 rings (SSSR count). The van der Waals surface area contributed by atoms with E-state index in [-0.39, 0.29) is 20.3 Å². The third-order valence-electron chi connectivity index (χ3n) is 6.17. The first-order valence-electron chi connectivity index (χ1n) is 9.98. The topological polar surface area (TPSA) is 79.5 Å². The predicted octanol–water partition coefficient (Wildman–Crippen LogP) is 3.04. The van der Waals surface area contributed by atoms with E-state index >= 15 is 0 Å². The highest BCUT2D eigenvalue weighted by atomic mass is 32.2. The van der Waals surface area contributed by atoms with Gasteiger partial charge < -0.3 is 9.31 Å². The number of hydrogen-bond donors (Lipinski definition) is 0. The maximum atomic E-state index is 13.8. The van der Waals surface area contributed by atoms with Gasteiger partial charge in [-0.05, 0) is 52.8 Å². The van der Waals surface area contributed by atoms with Crippen LogP contribution in [0.1, 0.15) is 39.8 Å². The maximum absolute atomic E-state index is 13.8. The Morgan fingerprint density at radius 3 is 2.09 bits per heavy atom. The molecule has 0 radical (unpaired) electrons. The van der Waals surface area contributed by atoms with Crippen molar-refractivity contribution in [1.82, 2.24) is 8.54 Å². The molecule has 3 heterocycles. The number of rotatable bonds is 4. The zero-order valence-corrected chi connectivity index (χ0v) is 19.1. The minimum atomic E-state index is -4.21. The van der Waals surface area contributed by atoms with E-state index in [1.165, 1.54) is 24.4 Å². The fraction of sp³-hybridized carbons (Fsp3) is 0.381. The summed E-state index contributed by atoms with van der Waals surface area (Å²) in [5.41, 5.74) is -2.03. The molecule has 0 atom stereocenters. The molecule has 32 heavy (non-hydrogen) atoms. The summed E-state index contributed by atoms with van der Waals surface area (Å²) < 4.78 is 66.9. The lowest BCUT2D eigenvalue weighted by atomic mass is 9.78. The van der Waals surface area contributed by atoms with E-state index in [2.05, 4.69) is 0 Å². The van der Waals surface area contributed by atoms with Crippen molar-refractivity contribution in [1.29, 1.82) is 0 Å². The second kappa shape index (κ2) is 7.26. The van der Waals surface area contributed by atoms with Gasteiger partial charge in [-0.1, -0.05) is 17.7 Å². The molecule has 3 aromatic rings. The van der Waals surface area contributed by atoms with Gasteiger partial charge in [0.05, 0.1) is 16.1 Å². The fourth-order valence-electron chi connectivity index (χ4n) is 3.58. The lowest BCUT2D eigenvalue weighted by Gasteiger charge is -2.32. The van der Waals surface area contributed by atoms with Crippen LogP contribution in [0.25, 0.3) is 10.9 Å². The van der Waals surface area contributed by atoms with Crippen molar-refractivity contribution < 1.29 is 26.5 Å². The molecule has 170 valence electrons. The van der Waals surface area contributed by atoms with Gasteiger partial charge in [0.15, 0.2) is 0 Å². The SMILES string of the molecule is Cc1ccc(S(=O)(=O)n2ccc3c(B4OC(C)(C)C(C)(C)O4)cn(C(F)F)c(=O)c32)cc1. The standard InChI is InChI=1S/C21H23BF2N2O5S/c1-13-6-8-14(9-7-13)32(28,29)26-11-10-15-16(12-25(19(23)24)18(27)17(15)26)22-30-20(2,3)21(4,5)31-22/h6-12,19H,1-5H3. The van der Waals surface area contributed by atoms with Gasteiger partial charge in [-0.3, -0.25) is 9.36 Å². The summed E-state index contributed by atoms with van der Waals surface area (Å²) in [5.74, 6) is 0. The smallest absolute Gasteiger partial charge is 0.399 e. The van der Waals surface area contributed by atoms with Crippen LogP contribution < -0.4 is 11.0 Å². The summed E-state index contributed by atoms with van der Waals surface area (Å²) in [6.07, 6.45) is 2.16. The van der Waals surface area contributed by atoms with Gasteiger partial charge in [0.2, 0.25) is 0 Å². The van der Waals surface area contributed by atoms with Crippen molar-refractivity contribution in [2.75, 3.05) is 0 Å². The first kappa shape index (κ1) is 22.7. The normalized spacial score (nSPS) is 18.1. The molecule has 1 aromatic carbocycles. The van der Waals surface area contributed by atoms with E-state index in [0.29, 0.717) is 0 Å². The highest BCUT2D eigenvalue weighted by molar-refractivity contribution is 7.90. The molecule has 0 spiro atoms. The Bertz CT molecular complexity index is 1350. The van der Waals surface area contributed by atoms with Crippen molar-refractivity contribution in [3.8, 4) is 0 Å². The summed E-state index contributed by atoms with van der Waals surface area (Å²) in [7, 11) is -5.28. The number of hydrogen-bond acceptors (Lipinski definition) is 5. The summed E-state index contributed by atoms with van der Waals surface area (Å²) in [4.78, 5) is 12.9. The monoisotopic (exact) mass is 464 g/mol. The first-order chi connectivity index (χ1) is 14.8. The highest BCUT2D eigenvalue weighted by Gasteiger charge is 2.52. The van der Waals surface area contributed by atoms with Gasteiger partial charge in [0.1, 0.15) is 5.52 Å². The average molecular weight is 464 g/mol. The second-order valence-corrected chi connectivity index (χ2v) is 10.7. The maximum Gasteiger partial charge on any atom is 0.497 e. The van der Waals surface area contributed by atoms with E-state index in [4.69, 9.17) is 9.31 Å². The predicted molar refractivity (Wildman–Crippen MR) is 117 cm³/mol. The van der Waals surface area contributed by atoms with Crippen LogP contribution >= 0.6 is 0 Å². The molecule has 11 heteroatoms. The van der Waals surface area contributed by atoms with Crippen LogP contribution in [0.4, 0.5) is 8.78 Å². The van der Waals surface area contributed by atoms with Crippen molar-refractivity contribution in [3.63, 3.8) is 0 Å². The molecule has 2 aromatic heterocycles. The molecular formula is C21H23BF2N2O5S. The molecule has 0 amide bonds. The van der Waals surface area contributed by atoms with Crippen molar-refractivity contribution in [3.05, 3.63) is 58.6 Å². The molecule has 7 nitrogen and oxygen atoms in total. The molecule has 0 bridgehead atoms. The van der Waals surface area contributed by atoms with Gasteiger partial charge >= 0.3 is 13.7 Å². The van der Waals surface area contributed by atoms with Crippen LogP contribution in [0.5, 0.6) is 0 Å². The number of pyridine rings is 1. The van der Waals surface area contributed by atoms with Crippen LogP contribution in [-0.2, 0) is 19.3 Å². The van der Waals surface area contributed by atoms with Gasteiger partial charge in [-0.25, -0.2) is 12.4 Å². The van der Waals surface area contributed by atoms with E-state index < -0.39 is 46.0 Å². The fourth-order valence-corrected chi connectivity index (χ4v) is 4.93. The lowest BCUT2D eigenvalue weighted by molar-refractivity contribution is 0.00578. The Labute approximate surface area is 184 Å². The second-order valence-electron chi connectivity index (χ2n) is 8.85. The Morgan fingerprint density at radius 2 is 1.56 bits per heavy atom. The molecule has 1 aliphatic rings. The largest absolute Gasteiger partial charge is 0.497 e. The summed E-state index contributed by atoms with van der Waals surface area (Å²) in [5, 5.41) is 0.168. The Balaban J connectivity index is 1.98. The number of fused-ring (bicyclic) bond motifs is 1. The van der Waals surface area contributed by atoms with Gasteiger partial charge in [-0.2, -0.15) is 8.78 Å². The Morgan fingerprint density at radius 1 is 1.00 bits per heavy atom. The molecule has 1 saturated heterocycles. The van der Waals surface area contributed by atoms with E-state index in [1.54, 1.807) is 46.8 Å². The minimum Gasteiger partial charge on any atom is -0.399 e. The zero-order valence-electron chi connectivity index (χ0n) is 18.3. The molecule has 1 aliphatic heterocycles. The number of alkyl halides is 2. The van der Waals surface area contributed by atoms with Crippen LogP contribution in [0, 0.1) is 6.92 Å². The molecule has 0 unspecified atom stereocenters. The quantitative estimate of drug-likeness (QED) is 0.555. The number of nitrogens with zero attached hydrogens (tertiary/aromatic N) is 2. The first-order valence-corrected chi connectivity index (χ1v) is 11.4. The van der Waals surface area contributed by atoms with E-state index in [0.717, 1.165) is 15.7 Å². The zero-order chi connectivity index (χ0) is 23.6. The van der Waals surface area contributed by atoms with Crippen molar-refractivity contribution in [2.45, 2.75) is 57.3 Å². The van der Waals surface area contributed by atoms with Crippen molar-refractivity contribution >= 4 is 33.5 Å². The molecule has 0 N–H and O–H groups in total. The van der Waals surface area contributed by atoms with Gasteiger partial charge in [0.25, 0.3) is 15.6 Å². The third kappa shape index (κ3) is 3.39. The third-order valence-corrected chi connectivity index (χ3v) is 7.86. The van der Waals surface area contributed by atoms with Crippen molar-refractivity contribution in [2.24, 2.45) is 0 Å². The van der Waals surface area contributed by atoms with Crippen LogP contribution in [0.3, 0.4) is 0 Å². The summed E-state index contributed by atoms with van der Waals surface area (Å²) in [6, 6.07) is 7.44. The van der Waals surface area contributed by atoms with Crippen LogP contribution in [0.2, 0.25) is 0 Å². The number of halogens is 2. The summed E-state index contributed by atoms with van der Waals surface area (Å²) >= 11 is 0. The number of aromatic nitrogens is 2. The summed E-state index contributed by atoms with van der Waals surface area (Å²) in [6.45, 7) is 5.85. The number of benzene rings is 1. The molecule has 0 aliphatic carbocycles. The molecular weight excluding hydrogens is 441 g/mol. The van der Waals surface area contributed by atoms with Gasteiger partial charge in [0, 0.05) is 23.2 Å². The Kier molecular flexibility index (Phi) is 5.15. The molecule has 0 saturated carbocycles. The highest BCUT2D eigenvalue weighted by Crippen LogP contribution is 2.37. The van der Waals surface area contributed by atoms with E-state index in [1.807, 2.05) is 0 Å². The van der Waals surface area contributed by atoms with Crippen LogP contribution in [0.15, 0.2) is 52.4 Å². The van der Waals surface area contributed by atoms with Gasteiger partial charge in [-0.15, -0.1) is 0 Å². The molecule has 1 fully saturated rings. The average Bonchev–Trinajstić information content (AvgIpc) is 3.22. The van der Waals surface area contributed by atoms with E-state index in [9.17, 15) is 22.0 Å². The lowest BCUT2D eigenvalue weighted by Crippen LogP contribution is -2.41. The Hall–Kier alpha value is -2.50. The van der Waals surface area contributed by atoms with Crippen LogP contribution in [-0.4, -0.2) is 35.3 Å².